The molecule has 1 saturated heterocycles. The van der Waals surface area contributed by atoms with E-state index in [0.29, 0.717) is 47.2 Å². The second-order valence-corrected chi connectivity index (χ2v) is 11.0. The summed E-state index contributed by atoms with van der Waals surface area (Å²) in [6.07, 6.45) is 1.73. The molecule has 0 spiro atoms. The first-order valence-corrected chi connectivity index (χ1v) is 14.2. The zero-order chi connectivity index (χ0) is 27.6. The van der Waals surface area contributed by atoms with Crippen LogP contribution in [-0.4, -0.2) is 68.2 Å². The maximum atomic E-state index is 12.9. The smallest absolute Gasteiger partial charge is 0.284 e. The summed E-state index contributed by atoms with van der Waals surface area (Å²) in [5.74, 6) is 0.186. The van der Waals surface area contributed by atoms with Crippen LogP contribution >= 0.6 is 22.7 Å². The van der Waals surface area contributed by atoms with Gasteiger partial charge in [-0.05, 0) is 48.9 Å². The molecule has 1 fully saturated rings. The average Bonchev–Trinajstić information content (AvgIpc) is 3.74. The molecule has 0 aliphatic carbocycles. The predicted octanol–water partition coefficient (Wildman–Crippen LogP) is 4.26. The fourth-order valence-corrected chi connectivity index (χ4v) is 5.91. The number of aliphatic hydroxyl groups excluding tert-OH is 1. The first-order valence-electron chi connectivity index (χ1n) is 12.5. The Balaban J connectivity index is 1.31. The standard InChI is InChI=1S/C27H24N8O3S2/c1-28-24(37)15-2-4-16(5-3-15)31-21-11-23(32-17-6-7-20-22(10-17)39-14-30-20)29-12-19(21)25-33-34-26(40-25)27(38)35-9-8-18(36)13-35/h2-7,10-12,14,18,36H,8-9,13H2,1H3,(H,28,37)(H2,29,31,32)/t18-/m1/s1. The summed E-state index contributed by atoms with van der Waals surface area (Å²) in [7, 11) is 1.59. The van der Waals surface area contributed by atoms with E-state index in [0.717, 1.165) is 21.6 Å². The van der Waals surface area contributed by atoms with E-state index < -0.39 is 6.10 Å². The molecule has 0 unspecified atom stereocenters. The van der Waals surface area contributed by atoms with Gasteiger partial charge in [-0.15, -0.1) is 21.5 Å². The number of carbonyl (C=O) groups is 2. The van der Waals surface area contributed by atoms with Crippen LogP contribution in [0.4, 0.5) is 22.9 Å². The highest BCUT2D eigenvalue weighted by atomic mass is 32.1. The molecule has 202 valence electrons. The molecule has 2 aromatic carbocycles. The zero-order valence-corrected chi connectivity index (χ0v) is 22.9. The van der Waals surface area contributed by atoms with Gasteiger partial charge in [0.25, 0.3) is 11.8 Å². The van der Waals surface area contributed by atoms with Gasteiger partial charge in [0.2, 0.25) is 5.01 Å². The molecule has 6 rings (SSSR count). The fraction of sp³-hybridized carbons (Fsp3) is 0.185. The van der Waals surface area contributed by atoms with E-state index in [4.69, 9.17) is 0 Å². The zero-order valence-electron chi connectivity index (χ0n) is 21.3. The van der Waals surface area contributed by atoms with Crippen LogP contribution in [0, 0.1) is 0 Å². The Morgan fingerprint density at radius 2 is 1.85 bits per heavy atom. The topological polar surface area (TPSA) is 145 Å². The normalized spacial score (nSPS) is 14.8. The predicted molar refractivity (Wildman–Crippen MR) is 156 cm³/mol. The van der Waals surface area contributed by atoms with Crippen LogP contribution < -0.4 is 16.0 Å². The molecule has 40 heavy (non-hydrogen) atoms. The van der Waals surface area contributed by atoms with Crippen LogP contribution in [0.1, 0.15) is 26.6 Å². The molecule has 0 radical (unpaired) electrons. The molecule has 2 amide bonds. The first kappa shape index (κ1) is 25.8. The van der Waals surface area contributed by atoms with Gasteiger partial charge >= 0.3 is 0 Å². The Hall–Kier alpha value is -4.46. The lowest BCUT2D eigenvalue weighted by Gasteiger charge is -2.14. The lowest BCUT2D eigenvalue weighted by molar-refractivity contribution is 0.0763. The number of β-amino-alcohol motifs (C(OH)–C–C–N with tert-alkyl or cyclic N) is 1. The molecule has 4 N–H and O–H groups in total. The average molecular weight is 573 g/mol. The monoisotopic (exact) mass is 572 g/mol. The van der Waals surface area contributed by atoms with Gasteiger partial charge in [-0.2, -0.15) is 0 Å². The highest BCUT2D eigenvalue weighted by Gasteiger charge is 2.28. The third kappa shape index (κ3) is 5.34. The van der Waals surface area contributed by atoms with Gasteiger partial charge in [-0.1, -0.05) is 11.3 Å². The summed E-state index contributed by atoms with van der Waals surface area (Å²) in [5.41, 5.74) is 6.27. The fourth-order valence-electron chi connectivity index (χ4n) is 4.36. The number of pyridine rings is 1. The number of anilines is 4. The van der Waals surface area contributed by atoms with Gasteiger partial charge in [-0.3, -0.25) is 9.59 Å². The van der Waals surface area contributed by atoms with Crippen molar-refractivity contribution in [2.24, 2.45) is 0 Å². The number of nitrogens with one attached hydrogen (secondary N) is 3. The molecule has 1 aliphatic rings. The van der Waals surface area contributed by atoms with E-state index in [2.05, 4.69) is 36.1 Å². The van der Waals surface area contributed by atoms with Gasteiger partial charge in [0, 0.05) is 49.3 Å². The van der Waals surface area contributed by atoms with Crippen LogP contribution in [0.15, 0.2) is 60.2 Å². The number of thiazole rings is 1. The van der Waals surface area contributed by atoms with E-state index in [9.17, 15) is 14.7 Å². The van der Waals surface area contributed by atoms with Crippen molar-refractivity contribution in [3.63, 3.8) is 0 Å². The minimum absolute atomic E-state index is 0.169. The Morgan fingerprint density at radius 1 is 1.02 bits per heavy atom. The number of nitrogens with zero attached hydrogens (tertiary/aromatic N) is 5. The van der Waals surface area contributed by atoms with Crippen molar-refractivity contribution in [3.8, 4) is 10.6 Å². The van der Waals surface area contributed by atoms with E-state index in [1.54, 1.807) is 41.6 Å². The Labute approximate surface area is 236 Å². The van der Waals surface area contributed by atoms with Crippen molar-refractivity contribution in [2.75, 3.05) is 30.8 Å². The Bertz CT molecular complexity index is 1700. The molecule has 11 nitrogen and oxygen atoms in total. The number of rotatable bonds is 7. The molecule has 3 aromatic heterocycles. The number of aromatic nitrogens is 4. The van der Waals surface area contributed by atoms with E-state index in [-0.39, 0.29) is 16.8 Å². The number of carbonyl (C=O) groups excluding carboxylic acids is 2. The largest absolute Gasteiger partial charge is 0.391 e. The van der Waals surface area contributed by atoms with Crippen LogP contribution in [0.3, 0.4) is 0 Å². The summed E-state index contributed by atoms with van der Waals surface area (Å²) < 4.78 is 1.06. The highest BCUT2D eigenvalue weighted by molar-refractivity contribution is 7.17. The number of hydrogen-bond acceptors (Lipinski definition) is 11. The number of hydrogen-bond donors (Lipinski definition) is 4. The summed E-state index contributed by atoms with van der Waals surface area (Å²) in [6.45, 7) is 0.783. The van der Waals surface area contributed by atoms with Crippen LogP contribution in [0.25, 0.3) is 20.8 Å². The van der Waals surface area contributed by atoms with Gasteiger partial charge in [0.15, 0.2) is 5.01 Å². The minimum atomic E-state index is -0.511. The second-order valence-electron chi connectivity index (χ2n) is 9.16. The van der Waals surface area contributed by atoms with Crippen molar-refractivity contribution in [2.45, 2.75) is 12.5 Å². The number of aliphatic hydroxyl groups is 1. The van der Waals surface area contributed by atoms with Crippen LogP contribution in [-0.2, 0) is 0 Å². The van der Waals surface area contributed by atoms with Crippen molar-refractivity contribution in [1.29, 1.82) is 0 Å². The molecule has 0 bridgehead atoms. The lowest BCUT2D eigenvalue weighted by Crippen LogP contribution is -2.29. The summed E-state index contributed by atoms with van der Waals surface area (Å²) in [5, 5.41) is 28.4. The SMILES string of the molecule is CNC(=O)c1ccc(Nc2cc(Nc3ccc4ncsc4c3)ncc2-c2nnc(C(=O)N3CC[C@@H](O)C3)s2)cc1. The molecule has 1 atom stereocenters. The molecular weight excluding hydrogens is 548 g/mol. The third-order valence-electron chi connectivity index (χ3n) is 6.45. The summed E-state index contributed by atoms with van der Waals surface area (Å²) in [4.78, 5) is 35.4. The number of likely N-dealkylation sites (tertiary alicyclic amines) is 1. The van der Waals surface area contributed by atoms with Gasteiger partial charge in [0.1, 0.15) is 5.82 Å². The number of amides is 2. The number of benzene rings is 2. The van der Waals surface area contributed by atoms with Gasteiger partial charge in [-0.25, -0.2) is 9.97 Å². The molecule has 0 saturated carbocycles. The van der Waals surface area contributed by atoms with Crippen LogP contribution in [0.2, 0.25) is 0 Å². The number of fused-ring (bicyclic) bond motifs is 1. The van der Waals surface area contributed by atoms with E-state index in [1.165, 1.54) is 11.3 Å². The Morgan fingerprint density at radius 3 is 2.62 bits per heavy atom. The quantitative estimate of drug-likeness (QED) is 0.225. The first-order chi connectivity index (χ1) is 19.5. The summed E-state index contributed by atoms with van der Waals surface area (Å²) >= 11 is 2.74. The lowest BCUT2D eigenvalue weighted by atomic mass is 10.1. The maximum absolute atomic E-state index is 12.9. The highest BCUT2D eigenvalue weighted by Crippen LogP contribution is 2.35. The van der Waals surface area contributed by atoms with E-state index >= 15 is 0 Å². The molecule has 5 aromatic rings. The van der Waals surface area contributed by atoms with Crippen molar-refractivity contribution in [3.05, 3.63) is 70.8 Å². The third-order valence-corrected chi connectivity index (χ3v) is 8.19. The van der Waals surface area contributed by atoms with E-state index in [1.807, 2.05) is 41.9 Å². The van der Waals surface area contributed by atoms with Crippen molar-refractivity contribution in [1.82, 2.24) is 30.4 Å². The van der Waals surface area contributed by atoms with Gasteiger partial charge in [0.05, 0.1) is 33.1 Å². The minimum Gasteiger partial charge on any atom is -0.391 e. The van der Waals surface area contributed by atoms with Crippen molar-refractivity contribution >= 4 is 67.6 Å². The van der Waals surface area contributed by atoms with Gasteiger partial charge < -0.3 is 26.0 Å². The molecule has 13 heteroatoms. The second kappa shape index (κ2) is 11.0. The molecule has 4 heterocycles. The Kier molecular flexibility index (Phi) is 7.07. The summed E-state index contributed by atoms with van der Waals surface area (Å²) in [6, 6.07) is 14.9. The maximum Gasteiger partial charge on any atom is 0.284 e. The van der Waals surface area contributed by atoms with Crippen LogP contribution in [0.5, 0.6) is 0 Å². The molecular formula is C27H24N8O3S2. The van der Waals surface area contributed by atoms with Crippen molar-refractivity contribution < 1.29 is 14.7 Å². The molecule has 1 aliphatic heterocycles.